The maximum Gasteiger partial charge on any atom is 0.256 e. The minimum absolute atomic E-state index is 0.145. The second kappa shape index (κ2) is 8.21. The van der Waals surface area contributed by atoms with E-state index in [1.807, 2.05) is 60.7 Å². The van der Waals surface area contributed by atoms with Gasteiger partial charge in [-0.15, -0.1) is 0 Å². The normalized spacial score (nSPS) is 14.1. The topological polar surface area (TPSA) is 72.6 Å². The lowest BCUT2D eigenvalue weighted by Crippen LogP contribution is -2.03. The van der Waals surface area contributed by atoms with Gasteiger partial charge in [-0.1, -0.05) is 30.4 Å². The standard InChI is InChI=1S/C24H22N2O4/c1-28-20-11-12-25-19(20)14-17-23-16(5-4-6-18(23)26-24(17)27)9-7-15-8-10-21(29-2)22(13-15)30-3/h4-14,25H,1-3H3,(H,26,27)/b9-7+,17-14?. The van der Waals surface area contributed by atoms with Crippen LogP contribution in [0.15, 0.2) is 48.7 Å². The smallest absolute Gasteiger partial charge is 0.256 e. The minimum atomic E-state index is -0.145. The third-order valence-corrected chi connectivity index (χ3v) is 4.97. The molecule has 1 aliphatic heterocycles. The highest BCUT2D eigenvalue weighted by Gasteiger charge is 2.26. The van der Waals surface area contributed by atoms with Crippen LogP contribution in [0.4, 0.5) is 5.69 Å². The van der Waals surface area contributed by atoms with Gasteiger partial charge in [-0.05, 0) is 41.5 Å². The fourth-order valence-electron chi connectivity index (χ4n) is 3.50. The zero-order chi connectivity index (χ0) is 21.1. The molecule has 4 rings (SSSR count). The second-order valence-corrected chi connectivity index (χ2v) is 6.69. The summed E-state index contributed by atoms with van der Waals surface area (Å²) in [6.07, 6.45) is 7.56. The van der Waals surface area contributed by atoms with Gasteiger partial charge < -0.3 is 24.5 Å². The molecule has 0 atom stereocenters. The lowest BCUT2D eigenvalue weighted by molar-refractivity contribution is -0.110. The largest absolute Gasteiger partial charge is 0.495 e. The maximum absolute atomic E-state index is 12.6. The van der Waals surface area contributed by atoms with E-state index >= 15 is 0 Å². The summed E-state index contributed by atoms with van der Waals surface area (Å²) in [6, 6.07) is 13.3. The van der Waals surface area contributed by atoms with Crippen molar-refractivity contribution in [3.63, 3.8) is 0 Å². The number of amides is 1. The van der Waals surface area contributed by atoms with Crippen LogP contribution in [0.25, 0.3) is 23.8 Å². The van der Waals surface area contributed by atoms with Crippen LogP contribution in [-0.4, -0.2) is 32.2 Å². The van der Waals surface area contributed by atoms with Gasteiger partial charge in [-0.25, -0.2) is 0 Å². The van der Waals surface area contributed by atoms with E-state index in [0.29, 0.717) is 22.8 Å². The fraction of sp³-hybridized carbons (Fsp3) is 0.125. The molecule has 6 nitrogen and oxygen atoms in total. The molecule has 2 heterocycles. The predicted molar refractivity (Wildman–Crippen MR) is 119 cm³/mol. The average molecular weight is 402 g/mol. The average Bonchev–Trinajstić information content (AvgIpc) is 3.36. The SMILES string of the molecule is COc1ccc(/C=C/c2cccc3c2C(=Cc2[nH]ccc2OC)C(=O)N3)cc1OC. The van der Waals surface area contributed by atoms with Crippen LogP contribution in [0.1, 0.15) is 22.4 Å². The van der Waals surface area contributed by atoms with Crippen molar-refractivity contribution in [2.75, 3.05) is 26.6 Å². The molecule has 3 aromatic rings. The molecule has 152 valence electrons. The first kappa shape index (κ1) is 19.4. The quantitative estimate of drug-likeness (QED) is 0.463. The maximum atomic E-state index is 12.6. The molecule has 0 aliphatic carbocycles. The Bertz CT molecular complexity index is 1160. The number of hydrogen-bond acceptors (Lipinski definition) is 4. The van der Waals surface area contributed by atoms with Crippen molar-refractivity contribution < 1.29 is 19.0 Å². The Kier molecular flexibility index (Phi) is 5.30. The molecule has 0 unspecified atom stereocenters. The summed E-state index contributed by atoms with van der Waals surface area (Å²) in [5.41, 5.74) is 4.85. The van der Waals surface area contributed by atoms with Crippen molar-refractivity contribution in [3.8, 4) is 17.2 Å². The lowest BCUT2D eigenvalue weighted by Gasteiger charge is -2.08. The summed E-state index contributed by atoms with van der Waals surface area (Å²) < 4.78 is 16.0. The molecule has 2 aromatic carbocycles. The van der Waals surface area contributed by atoms with Crippen LogP contribution in [-0.2, 0) is 4.79 Å². The number of hydrogen-bond donors (Lipinski definition) is 2. The van der Waals surface area contributed by atoms with E-state index in [2.05, 4.69) is 10.3 Å². The second-order valence-electron chi connectivity index (χ2n) is 6.69. The molecule has 0 saturated carbocycles. The van der Waals surface area contributed by atoms with Crippen molar-refractivity contribution in [1.29, 1.82) is 0 Å². The first-order valence-electron chi connectivity index (χ1n) is 9.42. The summed E-state index contributed by atoms with van der Waals surface area (Å²) >= 11 is 0. The van der Waals surface area contributed by atoms with Crippen molar-refractivity contribution in [3.05, 3.63) is 71.0 Å². The summed E-state index contributed by atoms with van der Waals surface area (Å²) in [5.74, 6) is 1.88. The van der Waals surface area contributed by atoms with Gasteiger partial charge in [-0.3, -0.25) is 4.79 Å². The van der Waals surface area contributed by atoms with Crippen LogP contribution in [0.5, 0.6) is 17.2 Å². The van der Waals surface area contributed by atoms with E-state index in [4.69, 9.17) is 14.2 Å². The molecule has 0 bridgehead atoms. The number of ether oxygens (including phenoxy) is 3. The molecule has 1 aromatic heterocycles. The van der Waals surface area contributed by atoms with E-state index in [9.17, 15) is 4.79 Å². The van der Waals surface area contributed by atoms with Gasteiger partial charge >= 0.3 is 0 Å². The fourth-order valence-corrected chi connectivity index (χ4v) is 3.50. The summed E-state index contributed by atoms with van der Waals surface area (Å²) in [5, 5.41) is 2.94. The monoisotopic (exact) mass is 402 g/mol. The summed E-state index contributed by atoms with van der Waals surface area (Å²) in [4.78, 5) is 15.8. The Balaban J connectivity index is 1.73. The molecule has 1 amide bonds. The first-order chi connectivity index (χ1) is 14.6. The van der Waals surface area contributed by atoms with E-state index in [0.717, 1.165) is 28.1 Å². The van der Waals surface area contributed by atoms with Crippen LogP contribution in [0.2, 0.25) is 0 Å². The molecule has 2 N–H and O–H groups in total. The van der Waals surface area contributed by atoms with E-state index in [1.165, 1.54) is 0 Å². The number of carbonyl (C=O) groups excluding carboxylic acids is 1. The third-order valence-electron chi connectivity index (χ3n) is 4.97. The van der Waals surface area contributed by atoms with Gasteiger partial charge in [0.25, 0.3) is 5.91 Å². The van der Waals surface area contributed by atoms with Gasteiger partial charge in [0.15, 0.2) is 11.5 Å². The number of methoxy groups -OCH3 is 3. The number of carbonyl (C=O) groups is 1. The van der Waals surface area contributed by atoms with Gasteiger partial charge in [0.05, 0.1) is 32.6 Å². The molecule has 30 heavy (non-hydrogen) atoms. The van der Waals surface area contributed by atoms with Gasteiger partial charge in [0.1, 0.15) is 5.75 Å². The van der Waals surface area contributed by atoms with E-state index < -0.39 is 0 Å². The molecular formula is C24H22N2O4. The van der Waals surface area contributed by atoms with Crippen molar-refractivity contribution in [2.45, 2.75) is 0 Å². The summed E-state index contributed by atoms with van der Waals surface area (Å²) in [7, 11) is 4.82. The zero-order valence-corrected chi connectivity index (χ0v) is 17.0. The van der Waals surface area contributed by atoms with Crippen LogP contribution >= 0.6 is 0 Å². The third kappa shape index (κ3) is 3.55. The van der Waals surface area contributed by atoms with Gasteiger partial charge in [-0.2, -0.15) is 0 Å². The van der Waals surface area contributed by atoms with E-state index in [-0.39, 0.29) is 5.91 Å². The van der Waals surface area contributed by atoms with E-state index in [1.54, 1.807) is 27.5 Å². The Labute approximate surface area is 174 Å². The number of rotatable bonds is 6. The van der Waals surface area contributed by atoms with Crippen molar-refractivity contribution in [2.24, 2.45) is 0 Å². The predicted octanol–water partition coefficient (Wildman–Crippen LogP) is 4.70. The highest BCUT2D eigenvalue weighted by Crippen LogP contribution is 2.37. The molecular weight excluding hydrogens is 380 g/mol. The van der Waals surface area contributed by atoms with Crippen LogP contribution < -0.4 is 19.5 Å². The zero-order valence-electron chi connectivity index (χ0n) is 17.0. The number of benzene rings is 2. The Morgan fingerprint density at radius 2 is 1.67 bits per heavy atom. The number of anilines is 1. The molecule has 1 aliphatic rings. The Hall–Kier alpha value is -3.93. The highest BCUT2D eigenvalue weighted by molar-refractivity contribution is 6.35. The Morgan fingerprint density at radius 1 is 0.867 bits per heavy atom. The molecule has 0 radical (unpaired) electrons. The molecule has 0 fully saturated rings. The number of aromatic amines is 1. The molecule has 6 heteroatoms. The van der Waals surface area contributed by atoms with Gasteiger partial charge in [0.2, 0.25) is 0 Å². The van der Waals surface area contributed by atoms with Crippen molar-refractivity contribution >= 4 is 35.4 Å². The van der Waals surface area contributed by atoms with Crippen molar-refractivity contribution in [1.82, 2.24) is 4.98 Å². The van der Waals surface area contributed by atoms with Crippen LogP contribution in [0, 0.1) is 0 Å². The minimum Gasteiger partial charge on any atom is -0.495 e. The first-order valence-corrected chi connectivity index (χ1v) is 9.42. The van der Waals surface area contributed by atoms with Crippen LogP contribution in [0.3, 0.4) is 0 Å². The van der Waals surface area contributed by atoms with Gasteiger partial charge in [0, 0.05) is 17.4 Å². The lowest BCUT2D eigenvalue weighted by atomic mass is 9.98. The summed E-state index contributed by atoms with van der Waals surface area (Å²) in [6.45, 7) is 0. The Morgan fingerprint density at radius 3 is 2.43 bits per heavy atom. The number of H-pyrrole nitrogens is 1. The number of nitrogens with one attached hydrogen (secondary N) is 2. The number of aromatic nitrogens is 1. The molecule has 0 saturated heterocycles. The highest BCUT2D eigenvalue weighted by atomic mass is 16.5. The molecule has 0 spiro atoms. The number of fused-ring (bicyclic) bond motifs is 1.